The van der Waals surface area contributed by atoms with E-state index in [0.717, 1.165) is 11.8 Å². The van der Waals surface area contributed by atoms with Crippen molar-refractivity contribution in [3.05, 3.63) is 0 Å². The molecule has 2 aliphatic rings. The van der Waals surface area contributed by atoms with Gasteiger partial charge < -0.3 is 10.6 Å². The number of rotatable bonds is 7. The van der Waals surface area contributed by atoms with E-state index in [-0.39, 0.29) is 0 Å². The highest BCUT2D eigenvalue weighted by Crippen LogP contribution is 2.33. The lowest BCUT2D eigenvalue weighted by molar-refractivity contribution is 0.491. The lowest BCUT2D eigenvalue weighted by Crippen LogP contribution is -2.20. The highest BCUT2D eigenvalue weighted by Gasteiger charge is 2.19. The van der Waals surface area contributed by atoms with Gasteiger partial charge in [-0.05, 0) is 63.7 Å². The van der Waals surface area contributed by atoms with E-state index in [1.165, 1.54) is 64.7 Å². The summed E-state index contributed by atoms with van der Waals surface area (Å²) in [5.41, 5.74) is 0. The third-order valence-corrected chi connectivity index (χ3v) is 3.55. The van der Waals surface area contributed by atoms with Gasteiger partial charge in [0.05, 0.1) is 0 Å². The first kappa shape index (κ1) is 10.4. The summed E-state index contributed by atoms with van der Waals surface area (Å²) in [4.78, 5) is 0. The summed E-state index contributed by atoms with van der Waals surface area (Å²) in [6, 6.07) is 0. The van der Waals surface area contributed by atoms with Crippen molar-refractivity contribution in [3.8, 4) is 0 Å². The second-order valence-corrected chi connectivity index (χ2v) is 4.98. The summed E-state index contributed by atoms with van der Waals surface area (Å²) in [5.74, 6) is 2.06. The zero-order valence-corrected chi connectivity index (χ0v) is 9.23. The van der Waals surface area contributed by atoms with Gasteiger partial charge in [-0.15, -0.1) is 0 Å². The van der Waals surface area contributed by atoms with Gasteiger partial charge in [-0.25, -0.2) is 0 Å². The topological polar surface area (TPSA) is 24.1 Å². The summed E-state index contributed by atoms with van der Waals surface area (Å²) < 4.78 is 0. The summed E-state index contributed by atoms with van der Waals surface area (Å²) >= 11 is 0. The predicted octanol–water partition coefficient (Wildman–Crippen LogP) is 1.77. The molecule has 1 aliphatic heterocycles. The van der Waals surface area contributed by atoms with Gasteiger partial charge in [0.25, 0.3) is 0 Å². The molecule has 0 aromatic heterocycles. The second kappa shape index (κ2) is 5.72. The smallest absolute Gasteiger partial charge is 0.00196 e. The van der Waals surface area contributed by atoms with Gasteiger partial charge in [-0.2, -0.15) is 0 Å². The molecule has 1 saturated heterocycles. The molecule has 82 valence electrons. The maximum atomic E-state index is 3.57. The first-order valence-electron chi connectivity index (χ1n) is 6.36. The Hall–Kier alpha value is -0.0800. The quantitative estimate of drug-likeness (QED) is 0.606. The van der Waals surface area contributed by atoms with Crippen molar-refractivity contribution in [1.29, 1.82) is 0 Å². The highest BCUT2D eigenvalue weighted by molar-refractivity contribution is 4.74. The Morgan fingerprint density at radius 1 is 1.00 bits per heavy atom. The van der Waals surface area contributed by atoms with E-state index in [2.05, 4.69) is 10.6 Å². The normalized spacial score (nSPS) is 27.0. The predicted molar refractivity (Wildman–Crippen MR) is 60.4 cm³/mol. The van der Waals surface area contributed by atoms with Gasteiger partial charge in [0, 0.05) is 0 Å². The van der Waals surface area contributed by atoms with E-state index in [0.29, 0.717) is 0 Å². The third-order valence-electron chi connectivity index (χ3n) is 3.55. The molecule has 2 nitrogen and oxygen atoms in total. The Bertz CT molecular complexity index is 148. The molecule has 0 aromatic rings. The summed E-state index contributed by atoms with van der Waals surface area (Å²) in [5, 5.41) is 6.99. The molecule has 0 radical (unpaired) electrons. The van der Waals surface area contributed by atoms with Crippen molar-refractivity contribution in [1.82, 2.24) is 10.6 Å². The Balaban J connectivity index is 1.35. The van der Waals surface area contributed by atoms with Crippen molar-refractivity contribution in [2.75, 3.05) is 26.2 Å². The van der Waals surface area contributed by atoms with Crippen LogP contribution in [0.4, 0.5) is 0 Å². The average Bonchev–Trinajstić information content (AvgIpc) is 2.87. The standard InChI is InChI=1S/C12H24N2/c1(2-11-3-4-11)7-13-8-5-12-6-9-14-10-12/h11-14H,1-10H2. The molecule has 2 N–H and O–H groups in total. The fourth-order valence-corrected chi connectivity index (χ4v) is 2.31. The number of hydrogen-bond acceptors (Lipinski definition) is 2. The van der Waals surface area contributed by atoms with Gasteiger partial charge in [0.2, 0.25) is 0 Å². The van der Waals surface area contributed by atoms with E-state index in [1.54, 1.807) is 0 Å². The summed E-state index contributed by atoms with van der Waals surface area (Å²) in [6.45, 7) is 4.98. The van der Waals surface area contributed by atoms with E-state index >= 15 is 0 Å². The van der Waals surface area contributed by atoms with E-state index < -0.39 is 0 Å². The van der Waals surface area contributed by atoms with Gasteiger partial charge in [-0.3, -0.25) is 0 Å². The average molecular weight is 196 g/mol. The van der Waals surface area contributed by atoms with E-state index in [9.17, 15) is 0 Å². The Kier molecular flexibility index (Phi) is 4.26. The van der Waals surface area contributed by atoms with Crippen molar-refractivity contribution < 1.29 is 0 Å². The molecule has 0 aromatic carbocycles. The van der Waals surface area contributed by atoms with E-state index in [4.69, 9.17) is 0 Å². The molecule has 1 heterocycles. The lowest BCUT2D eigenvalue weighted by Gasteiger charge is -2.08. The SMILES string of the molecule is C(CNCCC1CCNC1)CC1CC1. The van der Waals surface area contributed by atoms with Crippen LogP contribution in [0.3, 0.4) is 0 Å². The maximum Gasteiger partial charge on any atom is -0.00196 e. The summed E-state index contributed by atoms with van der Waals surface area (Å²) in [6.07, 6.45) is 8.65. The van der Waals surface area contributed by atoms with Crippen LogP contribution in [0.25, 0.3) is 0 Å². The van der Waals surface area contributed by atoms with E-state index in [1.807, 2.05) is 0 Å². The van der Waals surface area contributed by atoms with Crippen molar-refractivity contribution in [2.45, 2.75) is 38.5 Å². The highest BCUT2D eigenvalue weighted by atomic mass is 14.9. The molecule has 0 amide bonds. The van der Waals surface area contributed by atoms with Gasteiger partial charge >= 0.3 is 0 Å². The molecule has 0 bridgehead atoms. The minimum Gasteiger partial charge on any atom is -0.317 e. The zero-order chi connectivity index (χ0) is 9.64. The molecule has 1 saturated carbocycles. The third kappa shape index (κ3) is 3.97. The van der Waals surface area contributed by atoms with Crippen molar-refractivity contribution in [2.24, 2.45) is 11.8 Å². The van der Waals surface area contributed by atoms with Crippen LogP contribution in [0.1, 0.15) is 38.5 Å². The molecular weight excluding hydrogens is 172 g/mol. The minimum atomic E-state index is 0.950. The van der Waals surface area contributed by atoms with Crippen LogP contribution >= 0.6 is 0 Å². The monoisotopic (exact) mass is 196 g/mol. The summed E-state index contributed by atoms with van der Waals surface area (Å²) in [7, 11) is 0. The van der Waals surface area contributed by atoms with Crippen LogP contribution in [0.5, 0.6) is 0 Å². The van der Waals surface area contributed by atoms with Crippen molar-refractivity contribution >= 4 is 0 Å². The first-order valence-corrected chi connectivity index (χ1v) is 6.36. The van der Waals surface area contributed by atoms with Crippen LogP contribution < -0.4 is 10.6 Å². The van der Waals surface area contributed by atoms with Gasteiger partial charge in [-0.1, -0.05) is 12.8 Å². The first-order chi connectivity index (χ1) is 6.95. The molecule has 1 unspecified atom stereocenters. The molecular formula is C12H24N2. The van der Waals surface area contributed by atoms with Gasteiger partial charge in [0.15, 0.2) is 0 Å². The van der Waals surface area contributed by atoms with Crippen LogP contribution in [0.15, 0.2) is 0 Å². The van der Waals surface area contributed by atoms with Crippen LogP contribution in [-0.4, -0.2) is 26.2 Å². The van der Waals surface area contributed by atoms with Crippen LogP contribution in [0.2, 0.25) is 0 Å². The lowest BCUT2D eigenvalue weighted by atomic mass is 10.1. The largest absolute Gasteiger partial charge is 0.317 e. The molecule has 2 heteroatoms. The van der Waals surface area contributed by atoms with Gasteiger partial charge in [0.1, 0.15) is 0 Å². The Morgan fingerprint density at radius 2 is 1.93 bits per heavy atom. The zero-order valence-electron chi connectivity index (χ0n) is 9.23. The molecule has 14 heavy (non-hydrogen) atoms. The molecule has 2 rings (SSSR count). The minimum absolute atomic E-state index is 0.950. The van der Waals surface area contributed by atoms with Crippen LogP contribution in [-0.2, 0) is 0 Å². The molecule has 2 fully saturated rings. The molecule has 1 aliphatic carbocycles. The number of nitrogens with one attached hydrogen (secondary N) is 2. The Labute approximate surface area is 87.8 Å². The van der Waals surface area contributed by atoms with Crippen molar-refractivity contribution in [3.63, 3.8) is 0 Å². The van der Waals surface area contributed by atoms with Crippen LogP contribution in [0, 0.1) is 11.8 Å². The number of hydrogen-bond donors (Lipinski definition) is 2. The fourth-order valence-electron chi connectivity index (χ4n) is 2.31. The molecule has 1 atom stereocenters. The maximum absolute atomic E-state index is 3.57. The Morgan fingerprint density at radius 3 is 2.64 bits per heavy atom. The fraction of sp³-hybridized carbons (Fsp3) is 1.00. The molecule has 0 spiro atoms. The second-order valence-electron chi connectivity index (χ2n) is 4.98.